The van der Waals surface area contributed by atoms with Crippen LogP contribution in [0, 0.1) is 0 Å². The van der Waals surface area contributed by atoms with Gasteiger partial charge in [0.25, 0.3) is 5.25 Å². The van der Waals surface area contributed by atoms with Crippen LogP contribution in [0.4, 0.5) is 0 Å². The van der Waals surface area contributed by atoms with Gasteiger partial charge in [-0.25, -0.2) is 0 Å². The van der Waals surface area contributed by atoms with E-state index in [1.807, 2.05) is 18.2 Å². The van der Waals surface area contributed by atoms with Crippen molar-refractivity contribution in [1.29, 1.82) is 0 Å². The van der Waals surface area contributed by atoms with Gasteiger partial charge in [-0.05, 0) is 23.7 Å². The average Bonchev–Trinajstić information content (AvgIpc) is 2.06. The van der Waals surface area contributed by atoms with Crippen LogP contribution in [0.15, 0.2) is 30.3 Å². The summed E-state index contributed by atoms with van der Waals surface area (Å²) in [5.41, 5.74) is 0. The molecule has 0 aromatic heterocycles. The van der Waals surface area contributed by atoms with E-state index >= 15 is 0 Å². The average molecular weight is 187 g/mol. The van der Waals surface area contributed by atoms with Gasteiger partial charge < -0.3 is 9.84 Å². The summed E-state index contributed by atoms with van der Waals surface area (Å²) in [7, 11) is 0. The minimum absolute atomic E-state index is 0.337. The highest BCUT2D eigenvalue weighted by Gasteiger charge is 2.22. The minimum Gasteiger partial charge on any atom is -0.449 e. The highest BCUT2D eigenvalue weighted by molar-refractivity contribution is 6.21. The van der Waals surface area contributed by atoms with E-state index < -0.39 is 5.25 Å². The Balaban J connectivity index is 2.64. The summed E-state index contributed by atoms with van der Waals surface area (Å²) in [4.78, 5) is 0. The molecule has 0 amide bonds. The molecule has 0 radical (unpaired) electrons. The molecule has 3 heteroatoms. The lowest BCUT2D eigenvalue weighted by molar-refractivity contribution is -0.0630. The van der Waals surface area contributed by atoms with Crippen LogP contribution in [0.1, 0.15) is 13.3 Å². The molecule has 1 aromatic carbocycles. The van der Waals surface area contributed by atoms with Crippen molar-refractivity contribution < 1.29 is 9.84 Å². The van der Waals surface area contributed by atoms with Gasteiger partial charge in [0.05, 0.1) is 0 Å². The lowest BCUT2D eigenvalue weighted by Crippen LogP contribution is -2.27. The van der Waals surface area contributed by atoms with E-state index in [9.17, 15) is 5.11 Å². The molecule has 0 saturated carbocycles. The number of rotatable bonds is 3. The Hall–Kier alpha value is -0.730. The fourth-order valence-electron chi connectivity index (χ4n) is 0.741. The lowest BCUT2D eigenvalue weighted by atomic mass is 10.3. The van der Waals surface area contributed by atoms with Gasteiger partial charge >= 0.3 is 0 Å². The minimum atomic E-state index is -1.58. The van der Waals surface area contributed by atoms with Crippen molar-refractivity contribution >= 4 is 11.6 Å². The van der Waals surface area contributed by atoms with Gasteiger partial charge in [-0.1, -0.05) is 25.1 Å². The van der Waals surface area contributed by atoms with Gasteiger partial charge in [-0.2, -0.15) is 0 Å². The van der Waals surface area contributed by atoms with Crippen LogP contribution in [0.2, 0.25) is 0 Å². The molecular weight excluding hydrogens is 176 g/mol. The van der Waals surface area contributed by atoms with Crippen LogP contribution in [0.25, 0.3) is 0 Å². The number of para-hydroxylation sites is 1. The first kappa shape index (κ1) is 9.36. The summed E-state index contributed by atoms with van der Waals surface area (Å²) >= 11 is 5.59. The summed E-state index contributed by atoms with van der Waals surface area (Å²) in [5, 5.41) is 7.74. The van der Waals surface area contributed by atoms with E-state index in [2.05, 4.69) is 0 Å². The fraction of sp³-hybridized carbons (Fsp3) is 0.333. The molecule has 0 spiro atoms. The predicted molar refractivity (Wildman–Crippen MR) is 48.2 cm³/mol. The second kappa shape index (κ2) is 3.78. The molecule has 1 unspecified atom stereocenters. The second-order valence-electron chi connectivity index (χ2n) is 2.46. The van der Waals surface area contributed by atoms with E-state index in [0.717, 1.165) is 0 Å². The lowest BCUT2D eigenvalue weighted by Gasteiger charge is -2.19. The molecular formula is C9H11ClO2. The second-order valence-corrected chi connectivity index (χ2v) is 3.05. The molecule has 12 heavy (non-hydrogen) atoms. The van der Waals surface area contributed by atoms with E-state index in [1.54, 1.807) is 19.1 Å². The number of halogens is 1. The first-order valence-electron chi connectivity index (χ1n) is 3.79. The third kappa shape index (κ3) is 2.72. The van der Waals surface area contributed by atoms with Gasteiger partial charge in [0, 0.05) is 6.42 Å². The molecule has 0 aliphatic rings. The standard InChI is InChI=1S/C9H11ClO2/c1-2-9(10,11)12-8-6-4-3-5-7-8/h3-7,11H,2H2,1H3. The molecule has 0 aliphatic carbocycles. The molecule has 0 bridgehead atoms. The number of hydrogen-bond donors (Lipinski definition) is 1. The molecule has 1 rings (SSSR count). The molecule has 66 valence electrons. The van der Waals surface area contributed by atoms with Gasteiger partial charge in [-0.3, -0.25) is 0 Å². The zero-order chi connectivity index (χ0) is 9.03. The Morgan fingerprint density at radius 3 is 2.50 bits per heavy atom. The monoisotopic (exact) mass is 186 g/mol. The number of benzene rings is 1. The highest BCUT2D eigenvalue weighted by atomic mass is 35.5. The number of aliphatic hydroxyl groups is 1. The first-order valence-corrected chi connectivity index (χ1v) is 4.17. The van der Waals surface area contributed by atoms with Crippen molar-refractivity contribution in [3.63, 3.8) is 0 Å². The van der Waals surface area contributed by atoms with Crippen LogP contribution in [0.5, 0.6) is 5.75 Å². The zero-order valence-corrected chi connectivity index (χ0v) is 7.58. The third-order valence-electron chi connectivity index (χ3n) is 1.45. The molecule has 1 N–H and O–H groups in total. The number of hydrogen-bond acceptors (Lipinski definition) is 2. The van der Waals surface area contributed by atoms with Crippen molar-refractivity contribution in [3.05, 3.63) is 30.3 Å². The van der Waals surface area contributed by atoms with Crippen LogP contribution < -0.4 is 4.74 Å². The van der Waals surface area contributed by atoms with Crippen molar-refractivity contribution in [3.8, 4) is 5.75 Å². The Bertz CT molecular complexity index is 234. The summed E-state index contributed by atoms with van der Waals surface area (Å²) in [5.74, 6) is 0.567. The van der Waals surface area contributed by atoms with E-state index in [0.29, 0.717) is 12.2 Å². The predicted octanol–water partition coefficient (Wildman–Crippen LogP) is 2.36. The maximum Gasteiger partial charge on any atom is 0.287 e. The van der Waals surface area contributed by atoms with Crippen LogP contribution in [0.3, 0.4) is 0 Å². The Morgan fingerprint density at radius 1 is 1.42 bits per heavy atom. The van der Waals surface area contributed by atoms with Gasteiger partial charge in [0.1, 0.15) is 5.75 Å². The molecule has 2 nitrogen and oxygen atoms in total. The van der Waals surface area contributed by atoms with Crippen molar-refractivity contribution in [1.82, 2.24) is 0 Å². The maximum absolute atomic E-state index is 9.32. The van der Waals surface area contributed by atoms with Crippen molar-refractivity contribution in [2.75, 3.05) is 0 Å². The van der Waals surface area contributed by atoms with Crippen LogP contribution >= 0.6 is 11.6 Å². The maximum atomic E-state index is 9.32. The van der Waals surface area contributed by atoms with E-state index in [4.69, 9.17) is 16.3 Å². The summed E-state index contributed by atoms with van der Waals surface area (Å²) in [6.45, 7) is 1.75. The molecule has 1 atom stereocenters. The largest absolute Gasteiger partial charge is 0.449 e. The molecule has 0 heterocycles. The van der Waals surface area contributed by atoms with Crippen LogP contribution in [-0.4, -0.2) is 10.4 Å². The molecule has 1 aromatic rings. The smallest absolute Gasteiger partial charge is 0.287 e. The summed E-state index contributed by atoms with van der Waals surface area (Å²) < 4.78 is 5.07. The Morgan fingerprint density at radius 2 is 2.00 bits per heavy atom. The molecule has 0 saturated heterocycles. The summed E-state index contributed by atoms with van der Waals surface area (Å²) in [6, 6.07) is 8.98. The van der Waals surface area contributed by atoms with E-state index in [1.165, 1.54) is 0 Å². The number of alkyl halides is 1. The summed E-state index contributed by atoms with van der Waals surface area (Å²) in [6.07, 6.45) is 0.337. The quantitative estimate of drug-likeness (QED) is 0.580. The fourth-order valence-corrected chi connectivity index (χ4v) is 0.830. The normalized spacial score (nSPS) is 15.2. The van der Waals surface area contributed by atoms with Crippen molar-refractivity contribution in [2.45, 2.75) is 18.6 Å². The molecule has 0 aliphatic heterocycles. The molecule has 0 fully saturated rings. The first-order chi connectivity index (χ1) is 5.64. The Kier molecular flexibility index (Phi) is 2.95. The Labute approximate surface area is 76.7 Å². The van der Waals surface area contributed by atoms with Gasteiger partial charge in [0.15, 0.2) is 0 Å². The van der Waals surface area contributed by atoms with Gasteiger partial charge in [-0.15, -0.1) is 0 Å². The third-order valence-corrected chi connectivity index (χ3v) is 1.80. The number of ether oxygens (including phenoxy) is 1. The van der Waals surface area contributed by atoms with Crippen LogP contribution in [-0.2, 0) is 0 Å². The van der Waals surface area contributed by atoms with Crippen molar-refractivity contribution in [2.24, 2.45) is 0 Å². The topological polar surface area (TPSA) is 29.5 Å². The zero-order valence-electron chi connectivity index (χ0n) is 6.83. The highest BCUT2D eigenvalue weighted by Crippen LogP contribution is 2.21. The van der Waals surface area contributed by atoms with Gasteiger partial charge in [0.2, 0.25) is 0 Å². The van der Waals surface area contributed by atoms with E-state index in [-0.39, 0.29) is 0 Å². The SMILES string of the molecule is CCC(O)(Cl)Oc1ccccc1.